The summed E-state index contributed by atoms with van der Waals surface area (Å²) in [5, 5.41) is 6.35. The molecule has 0 aliphatic rings. The number of benzene rings is 1. The average Bonchev–Trinajstić information content (AvgIpc) is 2.60. The Morgan fingerprint density at radius 1 is 1.04 bits per heavy atom. The molecular weight excluding hydrogens is 359 g/mol. The van der Waals surface area contributed by atoms with Crippen LogP contribution in [-0.2, 0) is 22.6 Å². The first-order valence-corrected chi connectivity index (χ1v) is 9.04. The Hall–Kier alpha value is -1.80. The molecule has 2 N–H and O–H groups in total. The number of hydrogen-bond donors (Lipinski definition) is 2. The van der Waals surface area contributed by atoms with E-state index in [1.165, 1.54) is 0 Å². The molecule has 1 aromatic rings. The summed E-state index contributed by atoms with van der Waals surface area (Å²) >= 11 is 0. The highest BCUT2D eigenvalue weighted by Crippen LogP contribution is 2.15. The Morgan fingerprint density at radius 2 is 1.70 bits per heavy atom. The maximum atomic E-state index is 12.1. The molecule has 0 unspecified atom stereocenters. The summed E-state index contributed by atoms with van der Waals surface area (Å²) < 4.78 is 46.4. The van der Waals surface area contributed by atoms with Crippen LogP contribution >= 0.6 is 0 Å². The third-order valence-electron chi connectivity index (χ3n) is 3.62. The summed E-state index contributed by atoms with van der Waals surface area (Å²) in [5.74, 6) is 1.30. The van der Waals surface area contributed by atoms with Gasteiger partial charge in [-0.2, -0.15) is 13.2 Å². The van der Waals surface area contributed by atoms with Crippen molar-refractivity contribution in [1.29, 1.82) is 0 Å². The van der Waals surface area contributed by atoms with Gasteiger partial charge >= 0.3 is 6.18 Å². The Balaban J connectivity index is 2.24. The topological polar surface area (TPSA) is 54.9 Å². The van der Waals surface area contributed by atoms with Crippen LogP contribution in [-0.4, -0.2) is 45.5 Å². The number of halogens is 3. The molecule has 8 heteroatoms. The van der Waals surface area contributed by atoms with Gasteiger partial charge in [-0.15, -0.1) is 0 Å². The minimum Gasteiger partial charge on any atom is -0.380 e. The molecule has 0 radical (unpaired) electrons. The van der Waals surface area contributed by atoms with Gasteiger partial charge in [-0.1, -0.05) is 38.1 Å². The van der Waals surface area contributed by atoms with Crippen LogP contribution in [0.3, 0.4) is 0 Å². The minimum absolute atomic E-state index is 0.0623. The zero-order valence-electron chi connectivity index (χ0n) is 16.2. The van der Waals surface area contributed by atoms with E-state index in [2.05, 4.69) is 34.2 Å². The van der Waals surface area contributed by atoms with Gasteiger partial charge in [0.1, 0.15) is 6.61 Å². The molecule has 27 heavy (non-hydrogen) atoms. The van der Waals surface area contributed by atoms with Gasteiger partial charge in [0, 0.05) is 26.7 Å². The molecular formula is C19H30F3N3O2. The molecule has 1 rings (SSSR count). The fraction of sp³-hybridized carbons (Fsp3) is 0.632. The van der Waals surface area contributed by atoms with E-state index in [9.17, 15) is 13.2 Å². The summed E-state index contributed by atoms with van der Waals surface area (Å²) in [6, 6.07) is 7.21. The molecule has 0 bridgehead atoms. The monoisotopic (exact) mass is 389 g/mol. The number of nitrogens with one attached hydrogen (secondary N) is 2. The minimum atomic E-state index is -4.30. The van der Waals surface area contributed by atoms with E-state index in [1.54, 1.807) is 19.2 Å². The number of guanidine groups is 1. The normalized spacial score (nSPS) is 12.5. The number of ether oxygens (including phenoxy) is 2. The van der Waals surface area contributed by atoms with Crippen molar-refractivity contribution in [2.24, 2.45) is 10.9 Å². The predicted molar refractivity (Wildman–Crippen MR) is 101 cm³/mol. The molecule has 0 aliphatic heterocycles. The summed E-state index contributed by atoms with van der Waals surface area (Å²) in [6.07, 6.45) is -3.25. The summed E-state index contributed by atoms with van der Waals surface area (Å²) in [4.78, 5) is 4.14. The third-order valence-corrected chi connectivity index (χ3v) is 3.62. The van der Waals surface area contributed by atoms with Gasteiger partial charge in [0.05, 0.1) is 13.2 Å². The van der Waals surface area contributed by atoms with Crippen LogP contribution in [0, 0.1) is 5.92 Å². The van der Waals surface area contributed by atoms with Gasteiger partial charge < -0.3 is 20.1 Å². The Morgan fingerprint density at radius 3 is 2.30 bits per heavy atom. The molecule has 0 saturated heterocycles. The van der Waals surface area contributed by atoms with Crippen LogP contribution in [0.1, 0.15) is 31.4 Å². The van der Waals surface area contributed by atoms with Gasteiger partial charge in [-0.25, -0.2) is 0 Å². The van der Waals surface area contributed by atoms with Gasteiger partial charge in [0.15, 0.2) is 5.96 Å². The van der Waals surface area contributed by atoms with Crippen LogP contribution in [0.15, 0.2) is 29.3 Å². The lowest BCUT2D eigenvalue weighted by Crippen LogP contribution is -2.38. The van der Waals surface area contributed by atoms with E-state index in [4.69, 9.17) is 4.74 Å². The van der Waals surface area contributed by atoms with E-state index in [0.717, 1.165) is 18.6 Å². The molecule has 0 amide bonds. The average molecular weight is 389 g/mol. The maximum absolute atomic E-state index is 12.1. The number of hydrogen-bond acceptors (Lipinski definition) is 3. The van der Waals surface area contributed by atoms with Crippen molar-refractivity contribution < 1.29 is 22.6 Å². The van der Waals surface area contributed by atoms with E-state index < -0.39 is 12.8 Å². The first-order chi connectivity index (χ1) is 12.8. The highest BCUT2D eigenvalue weighted by molar-refractivity contribution is 5.79. The molecule has 0 spiro atoms. The second-order valence-electron chi connectivity index (χ2n) is 6.57. The molecule has 0 fully saturated rings. The lowest BCUT2D eigenvalue weighted by Gasteiger charge is -2.13. The molecule has 154 valence electrons. The quantitative estimate of drug-likeness (QED) is 0.346. The summed E-state index contributed by atoms with van der Waals surface area (Å²) in [7, 11) is 1.69. The zero-order valence-corrected chi connectivity index (χ0v) is 16.2. The van der Waals surface area contributed by atoms with Crippen LogP contribution in [0.4, 0.5) is 13.2 Å². The van der Waals surface area contributed by atoms with E-state index in [1.807, 2.05) is 12.1 Å². The second-order valence-corrected chi connectivity index (χ2v) is 6.57. The third kappa shape index (κ3) is 12.3. The van der Waals surface area contributed by atoms with Gasteiger partial charge in [0.25, 0.3) is 0 Å². The van der Waals surface area contributed by atoms with E-state index in [0.29, 0.717) is 37.1 Å². The SMILES string of the molecule is CN=C(NCCOCCC(C)C)NCc1ccc(COCC(F)(F)F)cc1. The number of nitrogens with zero attached hydrogens (tertiary/aromatic N) is 1. The van der Waals surface area contributed by atoms with Crippen LogP contribution < -0.4 is 10.6 Å². The van der Waals surface area contributed by atoms with Crippen molar-refractivity contribution in [3.63, 3.8) is 0 Å². The maximum Gasteiger partial charge on any atom is 0.411 e. The van der Waals surface area contributed by atoms with Crippen LogP contribution in [0.2, 0.25) is 0 Å². The zero-order chi connectivity index (χ0) is 20.1. The first-order valence-electron chi connectivity index (χ1n) is 9.04. The van der Waals surface area contributed by atoms with Crippen LogP contribution in [0.5, 0.6) is 0 Å². The van der Waals surface area contributed by atoms with Crippen molar-refractivity contribution in [2.75, 3.05) is 33.4 Å². The highest BCUT2D eigenvalue weighted by atomic mass is 19.4. The Kier molecular flexibility index (Phi) is 10.8. The molecule has 5 nitrogen and oxygen atoms in total. The number of rotatable bonds is 11. The van der Waals surface area contributed by atoms with Gasteiger partial charge in [-0.3, -0.25) is 4.99 Å². The Labute approximate surface area is 159 Å². The molecule has 0 aliphatic carbocycles. The smallest absolute Gasteiger partial charge is 0.380 e. The van der Waals surface area contributed by atoms with Crippen molar-refractivity contribution >= 4 is 5.96 Å². The summed E-state index contributed by atoms with van der Waals surface area (Å²) in [5.41, 5.74) is 1.69. The standard InChI is InChI=1S/C19H30F3N3O2/c1-15(2)8-10-26-11-9-24-18(23-3)25-12-16-4-6-17(7-5-16)13-27-14-19(20,21)22/h4-7,15H,8-14H2,1-3H3,(H2,23,24,25). The number of alkyl halides is 3. The largest absolute Gasteiger partial charge is 0.411 e. The van der Waals surface area contributed by atoms with Crippen molar-refractivity contribution in [3.05, 3.63) is 35.4 Å². The second kappa shape index (κ2) is 12.6. The highest BCUT2D eigenvalue weighted by Gasteiger charge is 2.27. The van der Waals surface area contributed by atoms with Crippen molar-refractivity contribution in [2.45, 2.75) is 39.6 Å². The van der Waals surface area contributed by atoms with Crippen molar-refractivity contribution in [3.8, 4) is 0 Å². The molecule has 0 heterocycles. The number of aliphatic imine (C=N–C) groups is 1. The summed E-state index contributed by atoms with van der Waals surface area (Å²) in [6.45, 7) is 5.60. The first kappa shape index (κ1) is 23.2. The fourth-order valence-corrected chi connectivity index (χ4v) is 2.11. The van der Waals surface area contributed by atoms with E-state index >= 15 is 0 Å². The Bertz CT molecular complexity index is 546. The molecule has 0 aromatic heterocycles. The van der Waals surface area contributed by atoms with Crippen LogP contribution in [0.25, 0.3) is 0 Å². The lowest BCUT2D eigenvalue weighted by molar-refractivity contribution is -0.176. The molecule has 0 saturated carbocycles. The lowest BCUT2D eigenvalue weighted by atomic mass is 10.1. The van der Waals surface area contributed by atoms with Crippen molar-refractivity contribution in [1.82, 2.24) is 10.6 Å². The van der Waals surface area contributed by atoms with Gasteiger partial charge in [-0.05, 0) is 23.5 Å². The van der Waals surface area contributed by atoms with E-state index in [-0.39, 0.29) is 6.61 Å². The molecule has 0 atom stereocenters. The van der Waals surface area contributed by atoms with Gasteiger partial charge in [0.2, 0.25) is 0 Å². The fourth-order valence-electron chi connectivity index (χ4n) is 2.11. The molecule has 1 aromatic carbocycles. The predicted octanol–water partition coefficient (Wildman–Crippen LogP) is 3.49.